The van der Waals surface area contributed by atoms with E-state index >= 15 is 0 Å². The highest BCUT2D eigenvalue weighted by atomic mass is 35.5. The van der Waals surface area contributed by atoms with Crippen LogP contribution in [0.4, 0.5) is 4.39 Å². The number of hydrogen-bond acceptors (Lipinski definition) is 6. The summed E-state index contributed by atoms with van der Waals surface area (Å²) in [6.07, 6.45) is 2.87. The van der Waals surface area contributed by atoms with E-state index in [9.17, 15) is 18.5 Å². The van der Waals surface area contributed by atoms with Crippen LogP contribution in [-0.4, -0.2) is 25.3 Å². The van der Waals surface area contributed by atoms with Gasteiger partial charge in [0.2, 0.25) is 13.3 Å². The minimum absolute atomic E-state index is 0.0563. The van der Waals surface area contributed by atoms with Crippen LogP contribution in [0.1, 0.15) is 37.6 Å². The maximum atomic E-state index is 13.7. The summed E-state index contributed by atoms with van der Waals surface area (Å²) in [6, 6.07) is 9.34. The summed E-state index contributed by atoms with van der Waals surface area (Å²) < 4.78 is 38.6. The highest BCUT2D eigenvalue weighted by molar-refractivity contribution is 7.59. The van der Waals surface area contributed by atoms with Crippen molar-refractivity contribution in [2.45, 2.75) is 26.4 Å². The molecule has 11 heteroatoms. The molecule has 3 rings (SSSR count). The molecule has 0 bridgehead atoms. The van der Waals surface area contributed by atoms with Crippen LogP contribution < -0.4 is 5.32 Å². The minimum atomic E-state index is -3.73. The molecule has 2 atom stereocenters. The molecule has 3 aromatic rings. The van der Waals surface area contributed by atoms with Crippen molar-refractivity contribution in [3.63, 3.8) is 0 Å². The third kappa shape index (κ3) is 6.96. The topological polar surface area (TPSA) is 81.7 Å². The van der Waals surface area contributed by atoms with Crippen molar-refractivity contribution < 1.29 is 27.8 Å². The number of benzene rings is 2. The highest BCUT2D eigenvalue weighted by Crippen LogP contribution is 2.59. The Kier molecular flexibility index (Phi) is 9.02. The van der Waals surface area contributed by atoms with Gasteiger partial charge in [-0.15, -0.1) is 11.3 Å². The zero-order valence-electron chi connectivity index (χ0n) is 20.0. The lowest BCUT2D eigenvalue weighted by atomic mass is 9.98. The number of nitrogens with one attached hydrogen (secondary N) is 1. The lowest BCUT2D eigenvalue weighted by Gasteiger charge is -2.24. The molecule has 0 fully saturated rings. The van der Waals surface area contributed by atoms with Crippen molar-refractivity contribution >= 4 is 69.9 Å². The minimum Gasteiger partial charge on any atom is -0.438 e. The Morgan fingerprint density at radius 3 is 2.58 bits per heavy atom. The Labute approximate surface area is 222 Å². The molecular weight excluding hydrogens is 547 g/mol. The van der Waals surface area contributed by atoms with E-state index in [2.05, 4.69) is 5.32 Å². The number of ether oxygens (including phenoxy) is 1. The quantitative estimate of drug-likeness (QED) is 0.170. The van der Waals surface area contributed by atoms with Gasteiger partial charge in [0.15, 0.2) is 6.79 Å². The smallest absolute Gasteiger partial charge is 0.313 e. The Hall–Kier alpha value is -2.22. The summed E-state index contributed by atoms with van der Waals surface area (Å²) in [5.41, 5.74) is -0.969. The third-order valence-electron chi connectivity index (χ3n) is 5.13. The van der Waals surface area contributed by atoms with Crippen LogP contribution in [0.25, 0.3) is 16.2 Å². The van der Waals surface area contributed by atoms with Crippen LogP contribution >= 0.6 is 41.9 Å². The molecule has 2 unspecified atom stereocenters. The van der Waals surface area contributed by atoms with Crippen molar-refractivity contribution in [2.75, 3.05) is 13.5 Å². The van der Waals surface area contributed by atoms with Gasteiger partial charge in [0.1, 0.15) is 11.5 Å². The second-order valence-corrected chi connectivity index (χ2v) is 13.4. The standard InChI is InChI=1S/C25H25Cl2FNO5PS/c1-25(2,3)24(31)33-14-34-35(4,32)22(18-13-36-21-8-6-16(26)12-17(18)21)23(30)29-10-9-15-5-7-20(28)19(27)11-15/h5-13,22H,14H2,1-4H3,(H,29,30). The van der Waals surface area contributed by atoms with Crippen LogP contribution in [0.5, 0.6) is 0 Å². The summed E-state index contributed by atoms with van der Waals surface area (Å²) in [7, 11) is -3.73. The average Bonchev–Trinajstić information content (AvgIpc) is 3.17. The number of carbonyl (C=O) groups excluding carboxylic acids is 2. The number of fused-ring (bicyclic) bond motifs is 1. The fraction of sp³-hybridized carbons (Fsp3) is 0.280. The normalized spacial score (nSPS) is 14.5. The summed E-state index contributed by atoms with van der Waals surface area (Å²) in [5.74, 6) is -1.69. The van der Waals surface area contributed by atoms with E-state index in [0.29, 0.717) is 21.5 Å². The van der Waals surface area contributed by atoms with Crippen LogP contribution in [-0.2, 0) is 23.4 Å². The number of halogens is 3. The predicted molar refractivity (Wildman–Crippen MR) is 143 cm³/mol. The predicted octanol–water partition coefficient (Wildman–Crippen LogP) is 7.65. The van der Waals surface area contributed by atoms with Crippen molar-refractivity contribution in [3.8, 4) is 0 Å². The molecule has 0 aliphatic heterocycles. The Bertz CT molecular complexity index is 1370. The summed E-state index contributed by atoms with van der Waals surface area (Å²) in [4.78, 5) is 25.4. The third-order valence-corrected chi connectivity index (χ3v) is 8.71. The maximum Gasteiger partial charge on any atom is 0.313 e. The maximum absolute atomic E-state index is 13.7. The number of rotatable bonds is 8. The molecule has 192 valence electrons. The molecule has 1 amide bonds. The first-order valence-electron chi connectivity index (χ1n) is 10.8. The molecule has 0 radical (unpaired) electrons. The first-order valence-corrected chi connectivity index (χ1v) is 14.5. The van der Waals surface area contributed by atoms with Gasteiger partial charge in [0.05, 0.1) is 10.4 Å². The van der Waals surface area contributed by atoms with Crippen molar-refractivity contribution in [2.24, 2.45) is 5.41 Å². The molecule has 0 aliphatic rings. The molecule has 0 aliphatic carbocycles. The molecule has 1 N–H and O–H groups in total. The second kappa shape index (κ2) is 11.4. The fourth-order valence-corrected chi connectivity index (χ4v) is 6.29. The van der Waals surface area contributed by atoms with E-state index < -0.39 is 42.9 Å². The Morgan fingerprint density at radius 2 is 1.92 bits per heavy atom. The second-order valence-electron chi connectivity index (χ2n) is 9.09. The highest BCUT2D eigenvalue weighted by Gasteiger charge is 2.39. The molecule has 36 heavy (non-hydrogen) atoms. The molecule has 2 aromatic carbocycles. The van der Waals surface area contributed by atoms with Crippen LogP contribution in [0.2, 0.25) is 10.0 Å². The van der Waals surface area contributed by atoms with Crippen molar-refractivity contribution in [1.82, 2.24) is 5.32 Å². The first kappa shape index (κ1) is 28.4. The van der Waals surface area contributed by atoms with E-state index in [0.717, 1.165) is 4.70 Å². The van der Waals surface area contributed by atoms with Gasteiger partial charge in [-0.3, -0.25) is 18.7 Å². The molecule has 0 spiro atoms. The van der Waals surface area contributed by atoms with E-state index in [4.69, 9.17) is 32.5 Å². The molecule has 6 nitrogen and oxygen atoms in total. The lowest BCUT2D eigenvalue weighted by molar-refractivity contribution is -0.159. The molecular formula is C25H25Cl2FNO5PS. The van der Waals surface area contributed by atoms with Crippen LogP contribution in [0, 0.1) is 11.2 Å². The van der Waals surface area contributed by atoms with Gasteiger partial charge >= 0.3 is 5.97 Å². The molecule has 0 saturated heterocycles. The average molecular weight is 572 g/mol. The van der Waals surface area contributed by atoms with Gasteiger partial charge < -0.3 is 10.1 Å². The summed E-state index contributed by atoms with van der Waals surface area (Å²) >= 11 is 13.4. The SMILES string of the molecule is CC(C)(C)C(=O)OCOP(C)(=O)C(C(=O)NC=Cc1ccc(F)c(Cl)c1)c1csc2ccc(Cl)cc12. The van der Waals surface area contributed by atoms with Crippen LogP contribution in [0.3, 0.4) is 0 Å². The van der Waals surface area contributed by atoms with Gasteiger partial charge in [-0.25, -0.2) is 4.39 Å². The van der Waals surface area contributed by atoms with Gasteiger partial charge in [-0.2, -0.15) is 0 Å². The zero-order valence-corrected chi connectivity index (χ0v) is 23.2. The fourth-order valence-electron chi connectivity index (χ4n) is 3.23. The van der Waals surface area contributed by atoms with Gasteiger partial charge in [-0.05, 0) is 79.1 Å². The van der Waals surface area contributed by atoms with Gasteiger partial charge in [0.25, 0.3) is 0 Å². The number of thiophene rings is 1. The number of amides is 1. The molecule has 0 saturated carbocycles. The number of carbonyl (C=O) groups is 2. The van der Waals surface area contributed by atoms with Crippen molar-refractivity contribution in [1.29, 1.82) is 0 Å². The first-order chi connectivity index (χ1) is 16.8. The lowest BCUT2D eigenvalue weighted by Crippen LogP contribution is -2.27. The zero-order chi connectivity index (χ0) is 26.7. The largest absolute Gasteiger partial charge is 0.438 e. The Morgan fingerprint density at radius 1 is 1.19 bits per heavy atom. The van der Waals surface area contributed by atoms with E-state index in [1.165, 1.54) is 48.5 Å². The molecule has 1 heterocycles. The van der Waals surface area contributed by atoms with Gasteiger partial charge in [0, 0.05) is 22.6 Å². The van der Waals surface area contributed by atoms with E-state index in [1.54, 1.807) is 38.3 Å². The summed E-state index contributed by atoms with van der Waals surface area (Å²) in [6.45, 7) is 5.79. The number of hydrogen-bond donors (Lipinski definition) is 1. The van der Waals surface area contributed by atoms with Crippen molar-refractivity contribution in [3.05, 3.63) is 75.0 Å². The van der Waals surface area contributed by atoms with E-state index in [-0.39, 0.29) is 5.02 Å². The monoisotopic (exact) mass is 571 g/mol. The van der Waals surface area contributed by atoms with Gasteiger partial charge in [-0.1, -0.05) is 29.3 Å². The Balaban J connectivity index is 1.89. The molecule has 1 aromatic heterocycles. The van der Waals surface area contributed by atoms with Crippen LogP contribution in [0.15, 0.2) is 48.0 Å². The van der Waals surface area contributed by atoms with E-state index in [1.807, 2.05) is 6.07 Å². The summed E-state index contributed by atoms with van der Waals surface area (Å²) in [5, 5.41) is 5.42. The number of esters is 1.